The Kier molecular flexibility index (Phi) is 7.72. The summed E-state index contributed by atoms with van der Waals surface area (Å²) in [6, 6.07) is 14.4. The minimum atomic E-state index is -3.79. The lowest BCUT2D eigenvalue weighted by molar-refractivity contribution is 0.249. The number of fused-ring (bicyclic) bond motifs is 1. The molecule has 5 heteroatoms. The molecule has 0 aliphatic heterocycles. The molecule has 138 valence electrons. The molecule has 0 heterocycles. The van der Waals surface area contributed by atoms with E-state index in [2.05, 4.69) is 31.2 Å². The summed E-state index contributed by atoms with van der Waals surface area (Å²) < 4.78 is 35.8. The zero-order chi connectivity index (χ0) is 18.1. The first-order chi connectivity index (χ1) is 11.9. The van der Waals surface area contributed by atoms with Crippen molar-refractivity contribution in [3.8, 4) is 5.75 Å². The lowest BCUT2D eigenvalue weighted by Crippen LogP contribution is -2.08. The van der Waals surface area contributed by atoms with E-state index in [-0.39, 0.29) is 5.75 Å². The SMILES string of the molecule is CC(CCCCCCCS(=O)(=O)O)COc1ccc2ccccc2c1. The summed E-state index contributed by atoms with van der Waals surface area (Å²) in [7, 11) is -3.79. The van der Waals surface area contributed by atoms with E-state index >= 15 is 0 Å². The number of benzene rings is 2. The van der Waals surface area contributed by atoms with Crippen molar-refractivity contribution in [1.82, 2.24) is 0 Å². The molecule has 0 fully saturated rings. The predicted molar refractivity (Wildman–Crippen MR) is 103 cm³/mol. The van der Waals surface area contributed by atoms with Gasteiger partial charge in [0, 0.05) is 0 Å². The Balaban J connectivity index is 1.59. The second kappa shape index (κ2) is 9.78. The smallest absolute Gasteiger partial charge is 0.264 e. The van der Waals surface area contributed by atoms with Crippen LogP contribution in [-0.4, -0.2) is 25.3 Å². The van der Waals surface area contributed by atoms with Gasteiger partial charge in [-0.3, -0.25) is 4.55 Å². The maximum absolute atomic E-state index is 10.6. The van der Waals surface area contributed by atoms with Gasteiger partial charge in [-0.1, -0.05) is 62.9 Å². The molecule has 2 aromatic carbocycles. The zero-order valence-corrected chi connectivity index (χ0v) is 15.7. The summed E-state index contributed by atoms with van der Waals surface area (Å²) in [4.78, 5) is 0. The van der Waals surface area contributed by atoms with Crippen LogP contribution in [0.2, 0.25) is 0 Å². The minimum Gasteiger partial charge on any atom is -0.493 e. The number of hydrogen-bond donors (Lipinski definition) is 1. The average molecular weight is 365 g/mol. The monoisotopic (exact) mass is 364 g/mol. The predicted octanol–water partition coefficient (Wildman–Crippen LogP) is 5.08. The van der Waals surface area contributed by atoms with Gasteiger partial charge in [0.15, 0.2) is 0 Å². The molecule has 0 saturated carbocycles. The number of unbranched alkanes of at least 4 members (excludes halogenated alkanes) is 4. The standard InChI is InChI=1S/C20H28O4S/c1-17(9-5-3-2-4-8-14-25(21,22)23)16-24-20-13-12-18-10-6-7-11-19(18)15-20/h6-7,10-13,15,17H,2-5,8-9,14,16H2,1H3,(H,21,22,23). The van der Waals surface area contributed by atoms with Crippen molar-refractivity contribution >= 4 is 20.9 Å². The van der Waals surface area contributed by atoms with Gasteiger partial charge in [-0.15, -0.1) is 0 Å². The van der Waals surface area contributed by atoms with Crippen LogP contribution in [0, 0.1) is 5.92 Å². The molecule has 1 N–H and O–H groups in total. The highest BCUT2D eigenvalue weighted by Crippen LogP contribution is 2.21. The van der Waals surface area contributed by atoms with Gasteiger partial charge >= 0.3 is 0 Å². The Hall–Kier alpha value is -1.59. The normalized spacial score (nSPS) is 13.0. The topological polar surface area (TPSA) is 63.6 Å². The summed E-state index contributed by atoms with van der Waals surface area (Å²) in [6.45, 7) is 2.90. The highest BCUT2D eigenvalue weighted by Gasteiger charge is 2.05. The average Bonchev–Trinajstić information content (AvgIpc) is 2.58. The maximum Gasteiger partial charge on any atom is 0.264 e. The van der Waals surface area contributed by atoms with Crippen LogP contribution in [0.5, 0.6) is 5.75 Å². The van der Waals surface area contributed by atoms with Crippen LogP contribution in [0.25, 0.3) is 10.8 Å². The van der Waals surface area contributed by atoms with Crippen LogP contribution in [0.1, 0.15) is 45.4 Å². The lowest BCUT2D eigenvalue weighted by Gasteiger charge is -2.13. The van der Waals surface area contributed by atoms with Crippen LogP contribution in [-0.2, 0) is 10.1 Å². The third kappa shape index (κ3) is 7.88. The van der Waals surface area contributed by atoms with Crippen molar-refractivity contribution in [2.75, 3.05) is 12.4 Å². The van der Waals surface area contributed by atoms with Crippen LogP contribution in [0.4, 0.5) is 0 Å². The van der Waals surface area contributed by atoms with Gasteiger partial charge in [0.1, 0.15) is 5.75 Å². The van der Waals surface area contributed by atoms with E-state index in [0.29, 0.717) is 18.9 Å². The molecule has 0 spiro atoms. The van der Waals surface area contributed by atoms with Crippen molar-refractivity contribution in [2.45, 2.75) is 45.4 Å². The number of ether oxygens (including phenoxy) is 1. The van der Waals surface area contributed by atoms with Crippen molar-refractivity contribution in [2.24, 2.45) is 5.92 Å². The molecule has 0 amide bonds. The molecular formula is C20H28O4S. The van der Waals surface area contributed by atoms with Gasteiger partial charge in [-0.2, -0.15) is 8.42 Å². The van der Waals surface area contributed by atoms with Gasteiger partial charge < -0.3 is 4.74 Å². The molecule has 2 rings (SSSR count). The lowest BCUT2D eigenvalue weighted by atomic mass is 10.0. The molecule has 1 atom stereocenters. The van der Waals surface area contributed by atoms with E-state index in [1.165, 1.54) is 10.8 Å². The zero-order valence-electron chi connectivity index (χ0n) is 14.9. The summed E-state index contributed by atoms with van der Waals surface area (Å²) >= 11 is 0. The second-order valence-electron chi connectivity index (χ2n) is 6.77. The molecule has 25 heavy (non-hydrogen) atoms. The van der Waals surface area contributed by atoms with E-state index in [1.54, 1.807) is 0 Å². The summed E-state index contributed by atoms with van der Waals surface area (Å²) in [6.07, 6.45) is 5.71. The number of rotatable bonds is 11. The van der Waals surface area contributed by atoms with Gasteiger partial charge in [-0.05, 0) is 41.7 Å². The van der Waals surface area contributed by atoms with Crippen molar-refractivity contribution in [3.63, 3.8) is 0 Å². The fraction of sp³-hybridized carbons (Fsp3) is 0.500. The van der Waals surface area contributed by atoms with E-state index < -0.39 is 10.1 Å². The molecule has 0 bridgehead atoms. The Bertz CT molecular complexity index is 755. The molecule has 1 unspecified atom stereocenters. The molecule has 0 aromatic heterocycles. The van der Waals surface area contributed by atoms with E-state index in [4.69, 9.17) is 9.29 Å². The summed E-state index contributed by atoms with van der Waals surface area (Å²) in [5.41, 5.74) is 0. The highest BCUT2D eigenvalue weighted by atomic mass is 32.2. The first kappa shape index (κ1) is 19.7. The van der Waals surface area contributed by atoms with Crippen LogP contribution < -0.4 is 4.74 Å². The first-order valence-electron chi connectivity index (χ1n) is 9.01. The molecule has 2 aromatic rings. The number of hydrogen-bond acceptors (Lipinski definition) is 3. The van der Waals surface area contributed by atoms with Crippen molar-refractivity contribution in [1.29, 1.82) is 0 Å². The van der Waals surface area contributed by atoms with E-state index in [9.17, 15) is 8.42 Å². The molecular weight excluding hydrogens is 336 g/mol. The summed E-state index contributed by atoms with van der Waals surface area (Å²) in [5.74, 6) is 1.28. The largest absolute Gasteiger partial charge is 0.493 e. The van der Waals surface area contributed by atoms with Crippen LogP contribution in [0.15, 0.2) is 42.5 Å². The maximum atomic E-state index is 10.6. The molecule has 4 nitrogen and oxygen atoms in total. The summed E-state index contributed by atoms with van der Waals surface area (Å²) in [5, 5.41) is 2.41. The molecule has 0 radical (unpaired) electrons. The van der Waals surface area contributed by atoms with E-state index in [1.807, 2.05) is 18.2 Å². The molecule has 0 saturated heterocycles. The first-order valence-corrected chi connectivity index (χ1v) is 10.6. The van der Waals surface area contributed by atoms with Crippen LogP contribution in [0.3, 0.4) is 0 Å². The van der Waals surface area contributed by atoms with Crippen LogP contribution >= 0.6 is 0 Å². The van der Waals surface area contributed by atoms with Gasteiger partial charge in [0.05, 0.1) is 12.4 Å². The quantitative estimate of drug-likeness (QED) is 0.446. The van der Waals surface area contributed by atoms with Gasteiger partial charge in [0.25, 0.3) is 10.1 Å². The third-order valence-electron chi connectivity index (χ3n) is 4.35. The third-order valence-corrected chi connectivity index (χ3v) is 5.16. The Morgan fingerprint density at radius 1 is 0.960 bits per heavy atom. The fourth-order valence-corrected chi connectivity index (χ4v) is 3.46. The minimum absolute atomic E-state index is 0.122. The Morgan fingerprint density at radius 3 is 2.40 bits per heavy atom. The second-order valence-corrected chi connectivity index (χ2v) is 8.34. The molecule has 0 aliphatic carbocycles. The molecule has 0 aliphatic rings. The fourth-order valence-electron chi connectivity index (χ4n) is 2.89. The Labute approximate surface area is 151 Å². The van der Waals surface area contributed by atoms with Gasteiger partial charge in [-0.25, -0.2) is 0 Å². The van der Waals surface area contributed by atoms with Crippen molar-refractivity contribution < 1.29 is 17.7 Å². The van der Waals surface area contributed by atoms with Gasteiger partial charge in [0.2, 0.25) is 0 Å². The van der Waals surface area contributed by atoms with E-state index in [0.717, 1.165) is 37.9 Å². The highest BCUT2D eigenvalue weighted by molar-refractivity contribution is 7.85. The Morgan fingerprint density at radius 2 is 1.64 bits per heavy atom. The van der Waals surface area contributed by atoms with Crippen molar-refractivity contribution in [3.05, 3.63) is 42.5 Å².